The number of ether oxygens (including phenoxy) is 3. The zero-order chi connectivity index (χ0) is 18.7. The van der Waals surface area contributed by atoms with E-state index in [0.29, 0.717) is 17.2 Å². The predicted molar refractivity (Wildman–Crippen MR) is 102 cm³/mol. The van der Waals surface area contributed by atoms with E-state index in [1.165, 1.54) is 17.3 Å². The average Bonchev–Trinajstić information content (AvgIpc) is 2.71. The van der Waals surface area contributed by atoms with Crippen molar-refractivity contribution < 1.29 is 14.2 Å². The first-order valence-electron chi connectivity index (χ1n) is 8.48. The molecule has 0 amide bonds. The molecule has 1 aliphatic carbocycles. The molecule has 0 atom stereocenters. The van der Waals surface area contributed by atoms with Gasteiger partial charge in [0.1, 0.15) is 11.1 Å². The van der Waals surface area contributed by atoms with Crippen LogP contribution < -0.4 is 14.2 Å². The molecule has 0 radical (unpaired) electrons. The molecule has 0 saturated heterocycles. The molecule has 1 aromatic heterocycles. The van der Waals surface area contributed by atoms with Crippen molar-refractivity contribution in [2.45, 2.75) is 30.7 Å². The third kappa shape index (κ3) is 3.08. The van der Waals surface area contributed by atoms with Crippen LogP contribution in [0, 0.1) is 11.3 Å². The highest BCUT2D eigenvalue weighted by Gasteiger charge is 2.24. The summed E-state index contributed by atoms with van der Waals surface area (Å²) in [5.74, 6) is 1.76. The zero-order valence-corrected chi connectivity index (χ0v) is 16.3. The van der Waals surface area contributed by atoms with Gasteiger partial charge in [-0.05, 0) is 55.2 Å². The van der Waals surface area contributed by atoms with E-state index in [1.807, 2.05) is 18.4 Å². The molecule has 0 spiro atoms. The van der Waals surface area contributed by atoms with Crippen molar-refractivity contribution in [3.05, 3.63) is 28.8 Å². The van der Waals surface area contributed by atoms with Crippen LogP contribution in [0.1, 0.15) is 29.5 Å². The highest BCUT2D eigenvalue weighted by atomic mass is 32.2. The Labute approximate surface area is 158 Å². The number of methoxy groups -OCH3 is 3. The Hall–Kier alpha value is -2.39. The fraction of sp³-hybridized carbons (Fsp3) is 0.400. The van der Waals surface area contributed by atoms with E-state index >= 15 is 0 Å². The van der Waals surface area contributed by atoms with Crippen LogP contribution in [0.3, 0.4) is 0 Å². The number of thioether (sulfide) groups is 1. The van der Waals surface area contributed by atoms with Crippen molar-refractivity contribution >= 4 is 11.8 Å². The topological polar surface area (TPSA) is 64.4 Å². The Balaban J connectivity index is 2.29. The van der Waals surface area contributed by atoms with Gasteiger partial charge >= 0.3 is 0 Å². The summed E-state index contributed by atoms with van der Waals surface area (Å²) in [7, 11) is 4.81. The molecule has 26 heavy (non-hydrogen) atoms. The Morgan fingerprint density at radius 2 is 1.62 bits per heavy atom. The van der Waals surface area contributed by atoms with E-state index in [-0.39, 0.29) is 0 Å². The van der Waals surface area contributed by atoms with Crippen LogP contribution in [0.5, 0.6) is 17.2 Å². The van der Waals surface area contributed by atoms with Gasteiger partial charge in [-0.1, -0.05) is 0 Å². The summed E-state index contributed by atoms with van der Waals surface area (Å²) >= 11 is 1.51. The van der Waals surface area contributed by atoms with Gasteiger partial charge in [0.05, 0.1) is 32.6 Å². The summed E-state index contributed by atoms with van der Waals surface area (Å²) in [5, 5.41) is 10.4. The van der Waals surface area contributed by atoms with Crippen LogP contribution in [0.15, 0.2) is 17.2 Å². The molecular formula is C20H22N2O3S. The summed E-state index contributed by atoms with van der Waals surface area (Å²) in [6, 6.07) is 6.21. The van der Waals surface area contributed by atoms with Gasteiger partial charge in [0.2, 0.25) is 5.75 Å². The second-order valence-corrected chi connectivity index (χ2v) is 6.83. The third-order valence-corrected chi connectivity index (χ3v) is 5.41. The monoisotopic (exact) mass is 370 g/mol. The largest absolute Gasteiger partial charge is 0.493 e. The molecule has 3 rings (SSSR count). The fourth-order valence-electron chi connectivity index (χ4n) is 3.52. The highest BCUT2D eigenvalue weighted by Crippen LogP contribution is 2.43. The number of aromatic nitrogens is 1. The number of nitrogens with zero attached hydrogens (tertiary/aromatic N) is 2. The van der Waals surface area contributed by atoms with Crippen molar-refractivity contribution in [2.75, 3.05) is 27.6 Å². The van der Waals surface area contributed by atoms with Gasteiger partial charge in [0.15, 0.2) is 11.5 Å². The molecule has 136 valence electrons. The summed E-state index contributed by atoms with van der Waals surface area (Å²) < 4.78 is 16.4. The lowest BCUT2D eigenvalue weighted by atomic mass is 9.86. The Morgan fingerprint density at radius 1 is 1.00 bits per heavy atom. The minimum Gasteiger partial charge on any atom is -0.493 e. The number of rotatable bonds is 5. The van der Waals surface area contributed by atoms with Crippen molar-refractivity contribution in [3.63, 3.8) is 0 Å². The van der Waals surface area contributed by atoms with Crippen LogP contribution in [0.25, 0.3) is 11.3 Å². The minimum atomic E-state index is 0.561. The van der Waals surface area contributed by atoms with E-state index in [1.54, 1.807) is 21.3 Å². The Bertz CT molecular complexity index is 849. The van der Waals surface area contributed by atoms with Crippen LogP contribution in [0.4, 0.5) is 0 Å². The lowest BCUT2D eigenvalue weighted by Gasteiger charge is -2.22. The van der Waals surface area contributed by atoms with Gasteiger partial charge < -0.3 is 14.2 Å². The quantitative estimate of drug-likeness (QED) is 0.733. The first-order chi connectivity index (χ1) is 12.7. The first-order valence-corrected chi connectivity index (χ1v) is 9.71. The second-order valence-electron chi connectivity index (χ2n) is 6.03. The molecule has 0 unspecified atom stereocenters. The SMILES string of the molecule is COc1cc(-c2nc(SC)c(C#N)c3c2CCCC3)cc(OC)c1OC. The van der Waals surface area contributed by atoms with Gasteiger partial charge in [-0.25, -0.2) is 4.98 Å². The van der Waals surface area contributed by atoms with E-state index in [9.17, 15) is 5.26 Å². The maximum absolute atomic E-state index is 9.64. The number of benzene rings is 1. The molecule has 0 aliphatic heterocycles. The Morgan fingerprint density at radius 3 is 2.12 bits per heavy atom. The predicted octanol–water partition coefficient (Wildman–Crippen LogP) is 4.25. The van der Waals surface area contributed by atoms with Gasteiger partial charge in [-0.2, -0.15) is 5.26 Å². The fourth-order valence-corrected chi connectivity index (χ4v) is 4.07. The molecule has 6 heteroatoms. The lowest BCUT2D eigenvalue weighted by molar-refractivity contribution is 0.324. The van der Waals surface area contributed by atoms with Crippen LogP contribution in [-0.2, 0) is 12.8 Å². The number of hydrogen-bond acceptors (Lipinski definition) is 6. The standard InChI is InChI=1S/C20H22N2O3S/c1-23-16-9-12(10-17(24-2)19(16)25-3)18-14-8-6-5-7-13(14)15(11-21)20(22-18)26-4/h9-10H,5-8H2,1-4H3. The molecule has 2 aromatic rings. The number of nitriles is 1. The van der Waals surface area contributed by atoms with Gasteiger partial charge in [-0.3, -0.25) is 0 Å². The van der Waals surface area contributed by atoms with E-state index in [0.717, 1.165) is 53.1 Å². The van der Waals surface area contributed by atoms with Crippen LogP contribution in [-0.4, -0.2) is 32.6 Å². The second kappa shape index (κ2) is 7.88. The summed E-state index contributed by atoms with van der Waals surface area (Å²) in [5.41, 5.74) is 4.85. The molecule has 0 saturated carbocycles. The molecule has 1 heterocycles. The number of pyridine rings is 1. The molecule has 5 nitrogen and oxygen atoms in total. The highest BCUT2D eigenvalue weighted by molar-refractivity contribution is 7.98. The molecule has 1 aromatic carbocycles. The number of fused-ring (bicyclic) bond motifs is 1. The van der Waals surface area contributed by atoms with Crippen molar-refractivity contribution in [3.8, 4) is 34.6 Å². The average molecular weight is 370 g/mol. The molecule has 0 fully saturated rings. The maximum atomic E-state index is 9.64. The van der Waals surface area contributed by atoms with E-state index in [2.05, 4.69) is 6.07 Å². The molecule has 1 aliphatic rings. The summed E-state index contributed by atoms with van der Waals surface area (Å²) in [6.45, 7) is 0. The summed E-state index contributed by atoms with van der Waals surface area (Å²) in [6.07, 6.45) is 6.02. The van der Waals surface area contributed by atoms with Crippen molar-refractivity contribution in [1.29, 1.82) is 5.26 Å². The molecular weight excluding hydrogens is 348 g/mol. The van der Waals surface area contributed by atoms with Crippen LogP contribution >= 0.6 is 11.8 Å². The first kappa shape index (κ1) is 18.4. The van der Waals surface area contributed by atoms with Crippen molar-refractivity contribution in [2.24, 2.45) is 0 Å². The van der Waals surface area contributed by atoms with Gasteiger partial charge in [0, 0.05) is 5.56 Å². The molecule has 0 bridgehead atoms. The third-order valence-electron chi connectivity index (χ3n) is 4.73. The van der Waals surface area contributed by atoms with Gasteiger partial charge in [-0.15, -0.1) is 11.8 Å². The van der Waals surface area contributed by atoms with Gasteiger partial charge in [0.25, 0.3) is 0 Å². The van der Waals surface area contributed by atoms with E-state index < -0.39 is 0 Å². The Kier molecular flexibility index (Phi) is 5.58. The van der Waals surface area contributed by atoms with Crippen LogP contribution in [0.2, 0.25) is 0 Å². The smallest absolute Gasteiger partial charge is 0.203 e. The maximum Gasteiger partial charge on any atom is 0.203 e. The number of hydrogen-bond donors (Lipinski definition) is 0. The van der Waals surface area contributed by atoms with E-state index in [4.69, 9.17) is 19.2 Å². The normalized spacial score (nSPS) is 12.9. The zero-order valence-electron chi connectivity index (χ0n) is 15.5. The van der Waals surface area contributed by atoms with Crippen molar-refractivity contribution in [1.82, 2.24) is 4.98 Å². The lowest BCUT2D eigenvalue weighted by Crippen LogP contribution is -2.10. The molecule has 0 N–H and O–H groups in total. The minimum absolute atomic E-state index is 0.561. The summed E-state index contributed by atoms with van der Waals surface area (Å²) in [4.78, 5) is 4.84.